The molecule has 0 amide bonds. The van der Waals surface area contributed by atoms with Gasteiger partial charge in [-0.3, -0.25) is 4.18 Å². The topological polar surface area (TPSA) is 120 Å². The fourth-order valence-corrected chi connectivity index (χ4v) is 2.44. The SMILES string of the molecule is CO[C@H]1O[C@H](COS(C)(=O)=O)[C@]2(N=[N+]=[N-])CO[C@H]12. The molecule has 0 N–H and O–H groups in total. The van der Waals surface area contributed by atoms with Crippen molar-refractivity contribution in [1.29, 1.82) is 0 Å². The predicted octanol–water partition coefficient (Wildman–Crippen LogP) is -0.218. The van der Waals surface area contributed by atoms with Crippen LogP contribution in [0.2, 0.25) is 0 Å². The summed E-state index contributed by atoms with van der Waals surface area (Å²) in [6, 6.07) is 0. The van der Waals surface area contributed by atoms with Crippen molar-refractivity contribution in [2.75, 3.05) is 26.6 Å². The van der Waals surface area contributed by atoms with Crippen molar-refractivity contribution in [3.05, 3.63) is 10.4 Å². The van der Waals surface area contributed by atoms with Gasteiger partial charge in [0.1, 0.15) is 17.7 Å². The number of ether oxygens (including phenoxy) is 3. The molecular formula is C8H13N3O6S. The Morgan fingerprint density at radius 1 is 1.61 bits per heavy atom. The van der Waals surface area contributed by atoms with E-state index in [4.69, 9.17) is 19.7 Å². The highest BCUT2D eigenvalue weighted by molar-refractivity contribution is 7.85. The summed E-state index contributed by atoms with van der Waals surface area (Å²) in [7, 11) is -2.17. The first-order chi connectivity index (χ1) is 8.43. The fourth-order valence-electron chi connectivity index (χ4n) is 2.07. The molecule has 0 bridgehead atoms. The summed E-state index contributed by atoms with van der Waals surface area (Å²) in [6.45, 7) is -0.0864. The van der Waals surface area contributed by atoms with Gasteiger partial charge >= 0.3 is 0 Å². The van der Waals surface area contributed by atoms with Crippen molar-refractivity contribution in [2.45, 2.75) is 24.0 Å². The smallest absolute Gasteiger partial charge is 0.264 e. The maximum Gasteiger partial charge on any atom is 0.264 e. The lowest BCUT2D eigenvalue weighted by Crippen LogP contribution is -2.62. The number of azide groups is 1. The highest BCUT2D eigenvalue weighted by Gasteiger charge is 2.64. The lowest BCUT2D eigenvalue weighted by Gasteiger charge is -2.42. The van der Waals surface area contributed by atoms with Crippen LogP contribution in [0.5, 0.6) is 0 Å². The largest absolute Gasteiger partial charge is 0.371 e. The molecule has 0 radical (unpaired) electrons. The van der Waals surface area contributed by atoms with Crippen molar-refractivity contribution in [3.8, 4) is 0 Å². The van der Waals surface area contributed by atoms with Crippen molar-refractivity contribution >= 4 is 10.1 Å². The molecule has 0 aliphatic carbocycles. The quantitative estimate of drug-likeness (QED) is 0.297. The van der Waals surface area contributed by atoms with Gasteiger partial charge in [-0.25, -0.2) is 0 Å². The van der Waals surface area contributed by atoms with Gasteiger partial charge in [0, 0.05) is 12.0 Å². The van der Waals surface area contributed by atoms with E-state index in [0.717, 1.165) is 6.26 Å². The van der Waals surface area contributed by atoms with Crippen LogP contribution in [0.4, 0.5) is 0 Å². The number of rotatable bonds is 5. The second kappa shape index (κ2) is 4.65. The van der Waals surface area contributed by atoms with Gasteiger partial charge in [-0.15, -0.1) is 0 Å². The standard InChI is InChI=1S/C8H13N3O6S/c1-14-7-6-8(4-15-6,10-11-9)5(17-7)3-16-18(2,12)13/h5-7H,3-4H2,1-2H3/t5-,6-,7+,8-/m1/s1. The summed E-state index contributed by atoms with van der Waals surface area (Å²) in [5.74, 6) is 0. The average Bonchev–Trinajstić information content (AvgIpc) is 2.46. The molecule has 102 valence electrons. The Labute approximate surface area is 104 Å². The zero-order valence-corrected chi connectivity index (χ0v) is 10.7. The Bertz CT molecular complexity index is 475. The molecule has 9 nitrogen and oxygen atoms in total. The Hall–Kier alpha value is -0.900. The Balaban J connectivity index is 2.16. The molecule has 2 aliphatic heterocycles. The zero-order valence-electron chi connectivity index (χ0n) is 9.85. The minimum absolute atomic E-state index is 0.152. The number of methoxy groups -OCH3 is 1. The molecule has 0 spiro atoms. The second-order valence-corrected chi connectivity index (χ2v) is 5.77. The van der Waals surface area contributed by atoms with E-state index in [2.05, 4.69) is 14.2 Å². The minimum atomic E-state index is -3.59. The van der Waals surface area contributed by atoms with E-state index in [1.165, 1.54) is 7.11 Å². The molecule has 2 aliphatic rings. The first-order valence-corrected chi connectivity index (χ1v) is 6.95. The molecule has 0 aromatic carbocycles. The van der Waals surface area contributed by atoms with Crippen LogP contribution >= 0.6 is 0 Å². The summed E-state index contributed by atoms with van der Waals surface area (Å²) in [5.41, 5.74) is 7.64. The maximum absolute atomic E-state index is 11.0. The first kappa shape index (κ1) is 13.5. The third kappa shape index (κ3) is 2.18. The third-order valence-corrected chi connectivity index (χ3v) is 3.55. The van der Waals surface area contributed by atoms with Gasteiger partial charge in [-0.1, -0.05) is 5.11 Å². The normalized spacial score (nSPS) is 38.7. The van der Waals surface area contributed by atoms with E-state index >= 15 is 0 Å². The summed E-state index contributed by atoms with van der Waals surface area (Å²) < 4.78 is 42.4. The summed E-state index contributed by atoms with van der Waals surface area (Å²) in [4.78, 5) is 2.76. The van der Waals surface area contributed by atoms with Crippen molar-refractivity contribution < 1.29 is 26.8 Å². The molecule has 0 aromatic heterocycles. The van der Waals surface area contributed by atoms with Crippen LogP contribution in [-0.2, 0) is 28.5 Å². The first-order valence-electron chi connectivity index (χ1n) is 5.13. The van der Waals surface area contributed by atoms with Crippen LogP contribution in [0.3, 0.4) is 0 Å². The Kier molecular flexibility index (Phi) is 3.49. The van der Waals surface area contributed by atoms with Gasteiger partial charge in [-0.2, -0.15) is 8.42 Å². The van der Waals surface area contributed by atoms with E-state index in [1.807, 2.05) is 0 Å². The highest BCUT2D eigenvalue weighted by atomic mass is 32.2. The minimum Gasteiger partial charge on any atom is -0.371 e. The van der Waals surface area contributed by atoms with Crippen LogP contribution in [0.15, 0.2) is 5.11 Å². The van der Waals surface area contributed by atoms with Gasteiger partial charge in [0.15, 0.2) is 6.29 Å². The predicted molar refractivity (Wildman–Crippen MR) is 58.1 cm³/mol. The molecule has 2 heterocycles. The second-order valence-electron chi connectivity index (χ2n) is 4.13. The maximum atomic E-state index is 11.0. The lowest BCUT2D eigenvalue weighted by molar-refractivity contribution is -0.189. The monoisotopic (exact) mass is 279 g/mol. The zero-order chi connectivity index (χ0) is 13.4. The van der Waals surface area contributed by atoms with Crippen LogP contribution in [0.25, 0.3) is 10.4 Å². The van der Waals surface area contributed by atoms with Gasteiger partial charge in [0.2, 0.25) is 0 Å². The Morgan fingerprint density at radius 2 is 2.33 bits per heavy atom. The molecule has 2 fully saturated rings. The molecular weight excluding hydrogens is 266 g/mol. The molecule has 2 saturated heterocycles. The molecule has 0 unspecified atom stereocenters. The van der Waals surface area contributed by atoms with E-state index < -0.39 is 34.2 Å². The van der Waals surface area contributed by atoms with Crippen molar-refractivity contribution in [2.24, 2.45) is 5.11 Å². The summed E-state index contributed by atoms with van der Waals surface area (Å²) in [5, 5.41) is 3.68. The number of hydrogen-bond donors (Lipinski definition) is 0. The lowest BCUT2D eigenvalue weighted by atomic mass is 9.86. The molecule has 10 heteroatoms. The van der Waals surface area contributed by atoms with Gasteiger partial charge in [0.05, 0.1) is 19.5 Å². The molecule has 0 saturated carbocycles. The third-order valence-electron chi connectivity index (χ3n) is 2.99. The van der Waals surface area contributed by atoms with E-state index in [-0.39, 0.29) is 13.2 Å². The van der Waals surface area contributed by atoms with Crippen LogP contribution in [0.1, 0.15) is 0 Å². The van der Waals surface area contributed by atoms with Gasteiger partial charge in [0.25, 0.3) is 10.1 Å². The van der Waals surface area contributed by atoms with E-state index in [9.17, 15) is 8.42 Å². The number of fused-ring (bicyclic) bond motifs is 1. The number of nitrogens with zero attached hydrogens (tertiary/aromatic N) is 3. The number of hydrogen-bond acceptors (Lipinski definition) is 7. The molecule has 18 heavy (non-hydrogen) atoms. The summed E-state index contributed by atoms with van der Waals surface area (Å²) >= 11 is 0. The fraction of sp³-hybridized carbons (Fsp3) is 1.00. The summed E-state index contributed by atoms with van der Waals surface area (Å²) in [6.07, 6.45) is -1.01. The van der Waals surface area contributed by atoms with E-state index in [1.54, 1.807) is 0 Å². The molecule has 4 atom stereocenters. The molecule has 2 rings (SSSR count). The highest BCUT2D eigenvalue weighted by Crippen LogP contribution is 2.44. The van der Waals surface area contributed by atoms with Crippen molar-refractivity contribution in [3.63, 3.8) is 0 Å². The average molecular weight is 279 g/mol. The Morgan fingerprint density at radius 3 is 2.78 bits per heavy atom. The van der Waals surface area contributed by atoms with Gasteiger partial charge in [-0.05, 0) is 5.53 Å². The molecule has 0 aromatic rings. The van der Waals surface area contributed by atoms with Crippen LogP contribution in [-0.4, -0.2) is 59.0 Å². The van der Waals surface area contributed by atoms with Crippen molar-refractivity contribution in [1.82, 2.24) is 0 Å². The van der Waals surface area contributed by atoms with Gasteiger partial charge < -0.3 is 14.2 Å². The van der Waals surface area contributed by atoms with Crippen LogP contribution < -0.4 is 0 Å². The van der Waals surface area contributed by atoms with Crippen LogP contribution in [0, 0.1) is 0 Å². The van der Waals surface area contributed by atoms with E-state index in [0.29, 0.717) is 0 Å².